The molecular formula is C33H44N6O3S. The molecule has 3 N–H and O–H groups in total. The SMILES string of the molecule is Cc1cc(Nc2nc(Nc3ccccc3S(=O)(=O)C(C)C)c3cc[nH]c3n2)c(OC(C)C)cc1C1CCN(C(C)C)CC1. The van der Waals surface area contributed by atoms with E-state index in [0.717, 1.165) is 42.8 Å². The number of likely N-dealkylation sites (tertiary alicyclic amines) is 1. The van der Waals surface area contributed by atoms with Gasteiger partial charge in [0.15, 0.2) is 9.84 Å². The maximum atomic E-state index is 13.1. The van der Waals surface area contributed by atoms with Crippen molar-refractivity contribution in [3.05, 3.63) is 59.8 Å². The molecule has 1 aliphatic rings. The van der Waals surface area contributed by atoms with Crippen LogP contribution in [0.1, 0.15) is 71.4 Å². The van der Waals surface area contributed by atoms with E-state index in [1.54, 1.807) is 38.2 Å². The monoisotopic (exact) mass is 604 g/mol. The van der Waals surface area contributed by atoms with Gasteiger partial charge in [0.05, 0.1) is 33.0 Å². The quantitative estimate of drug-likeness (QED) is 0.173. The minimum Gasteiger partial charge on any atom is -0.489 e. The fraction of sp³-hybridized carbons (Fsp3) is 0.455. The Morgan fingerprint density at radius 3 is 2.35 bits per heavy atom. The molecule has 0 bridgehead atoms. The molecule has 1 aliphatic heterocycles. The number of aromatic nitrogens is 3. The Morgan fingerprint density at radius 2 is 1.67 bits per heavy atom. The molecule has 0 unspecified atom stereocenters. The summed E-state index contributed by atoms with van der Waals surface area (Å²) >= 11 is 0. The fourth-order valence-corrected chi connectivity index (χ4v) is 6.93. The van der Waals surface area contributed by atoms with Crippen LogP contribution in [0, 0.1) is 6.92 Å². The van der Waals surface area contributed by atoms with Gasteiger partial charge in [0.1, 0.15) is 17.2 Å². The van der Waals surface area contributed by atoms with E-state index < -0.39 is 15.1 Å². The molecule has 3 heterocycles. The lowest BCUT2D eigenvalue weighted by molar-refractivity contribution is 0.171. The van der Waals surface area contributed by atoms with E-state index in [1.165, 1.54) is 11.1 Å². The molecule has 0 amide bonds. The van der Waals surface area contributed by atoms with Gasteiger partial charge in [0.2, 0.25) is 5.95 Å². The number of para-hydroxylation sites is 1. The summed E-state index contributed by atoms with van der Waals surface area (Å²) in [7, 11) is -3.52. The zero-order chi connectivity index (χ0) is 30.9. The third kappa shape index (κ3) is 6.65. The van der Waals surface area contributed by atoms with Crippen LogP contribution in [-0.4, -0.2) is 58.8 Å². The zero-order valence-corrected chi connectivity index (χ0v) is 27.0. The molecule has 2 aromatic heterocycles. The van der Waals surface area contributed by atoms with Crippen LogP contribution < -0.4 is 15.4 Å². The van der Waals surface area contributed by atoms with Crippen LogP contribution in [0.25, 0.3) is 11.0 Å². The molecule has 1 fully saturated rings. The molecule has 5 rings (SSSR count). The van der Waals surface area contributed by atoms with Gasteiger partial charge in [-0.25, -0.2) is 8.42 Å². The van der Waals surface area contributed by atoms with E-state index in [9.17, 15) is 8.42 Å². The minimum atomic E-state index is -3.52. The number of aryl methyl sites for hydroxylation is 1. The number of anilines is 4. The first kappa shape index (κ1) is 30.8. The van der Waals surface area contributed by atoms with Crippen LogP contribution in [0.3, 0.4) is 0 Å². The number of nitrogens with zero attached hydrogens (tertiary/aromatic N) is 3. The Balaban J connectivity index is 1.49. The molecule has 0 saturated carbocycles. The highest BCUT2D eigenvalue weighted by atomic mass is 32.2. The van der Waals surface area contributed by atoms with Crippen LogP contribution in [0.5, 0.6) is 5.75 Å². The summed E-state index contributed by atoms with van der Waals surface area (Å²) in [4.78, 5) is 15.5. The largest absolute Gasteiger partial charge is 0.489 e. The number of H-pyrrole nitrogens is 1. The predicted octanol–water partition coefficient (Wildman–Crippen LogP) is 7.31. The lowest BCUT2D eigenvalue weighted by Gasteiger charge is -2.35. The molecule has 10 heteroatoms. The number of rotatable bonds is 10. The summed E-state index contributed by atoms with van der Waals surface area (Å²) in [6, 6.07) is 13.7. The van der Waals surface area contributed by atoms with Crippen molar-refractivity contribution in [1.29, 1.82) is 0 Å². The van der Waals surface area contributed by atoms with Crippen molar-refractivity contribution in [2.75, 3.05) is 23.7 Å². The number of nitrogens with one attached hydrogen (secondary N) is 3. The zero-order valence-electron chi connectivity index (χ0n) is 26.2. The molecule has 43 heavy (non-hydrogen) atoms. The minimum absolute atomic E-state index is 0.0117. The Bertz CT molecular complexity index is 1690. The molecule has 230 valence electrons. The number of piperidine rings is 1. The molecule has 0 aliphatic carbocycles. The van der Waals surface area contributed by atoms with E-state index in [-0.39, 0.29) is 11.0 Å². The molecule has 2 aromatic carbocycles. The standard InChI is InChI=1S/C33H44N6O3S/c1-20(2)39-16-13-24(14-17-39)26-19-29(42-21(3)4)28(18-23(26)7)36-33-37-31-25(12-15-34-31)32(38-33)35-27-10-8-9-11-30(27)43(40,41)22(5)6/h8-12,15,18-22,24H,13-14,16-17H2,1-7H3,(H3,34,35,36,37,38). The fourth-order valence-electron chi connectivity index (χ4n) is 5.73. The Hall–Kier alpha value is -3.63. The molecule has 1 saturated heterocycles. The number of benzene rings is 2. The van der Waals surface area contributed by atoms with Crippen molar-refractivity contribution in [1.82, 2.24) is 19.9 Å². The van der Waals surface area contributed by atoms with E-state index >= 15 is 0 Å². The molecule has 0 spiro atoms. The highest BCUT2D eigenvalue weighted by molar-refractivity contribution is 7.92. The van der Waals surface area contributed by atoms with Crippen LogP contribution in [0.2, 0.25) is 0 Å². The topological polar surface area (TPSA) is 112 Å². The van der Waals surface area contributed by atoms with Gasteiger partial charge < -0.3 is 25.3 Å². The Morgan fingerprint density at radius 1 is 0.953 bits per heavy atom. The van der Waals surface area contributed by atoms with Gasteiger partial charge in [0.25, 0.3) is 0 Å². The van der Waals surface area contributed by atoms with Gasteiger partial charge in [-0.15, -0.1) is 0 Å². The van der Waals surface area contributed by atoms with Crippen molar-refractivity contribution in [3.8, 4) is 5.75 Å². The van der Waals surface area contributed by atoms with E-state index in [4.69, 9.17) is 14.7 Å². The average molecular weight is 605 g/mol. The van der Waals surface area contributed by atoms with Gasteiger partial charge in [-0.2, -0.15) is 9.97 Å². The molecule has 0 atom stereocenters. The second-order valence-corrected chi connectivity index (χ2v) is 14.7. The Labute approximate surface area is 255 Å². The molecule has 4 aromatic rings. The highest BCUT2D eigenvalue weighted by Crippen LogP contribution is 2.39. The Kier molecular flexibility index (Phi) is 8.99. The van der Waals surface area contributed by atoms with E-state index in [0.29, 0.717) is 35.1 Å². The third-order valence-electron chi connectivity index (χ3n) is 8.16. The first-order chi connectivity index (χ1) is 20.4. The third-order valence-corrected chi connectivity index (χ3v) is 10.4. The number of fused-ring (bicyclic) bond motifs is 1. The van der Waals surface area contributed by atoms with E-state index in [2.05, 4.69) is 53.4 Å². The second kappa shape index (κ2) is 12.5. The number of sulfone groups is 1. The van der Waals surface area contributed by atoms with Crippen molar-refractivity contribution in [2.24, 2.45) is 0 Å². The number of hydrogen-bond donors (Lipinski definition) is 3. The van der Waals surface area contributed by atoms with Crippen LogP contribution in [0.15, 0.2) is 53.6 Å². The van der Waals surface area contributed by atoms with Gasteiger partial charge in [-0.05, 0) is 122 Å². The molecule has 9 nitrogen and oxygen atoms in total. The summed E-state index contributed by atoms with van der Waals surface area (Å²) in [5.74, 6) is 2.12. The first-order valence-corrected chi connectivity index (χ1v) is 16.8. The van der Waals surface area contributed by atoms with Gasteiger partial charge in [-0.3, -0.25) is 0 Å². The smallest absolute Gasteiger partial charge is 0.231 e. The van der Waals surface area contributed by atoms with Crippen LogP contribution in [0.4, 0.5) is 23.1 Å². The van der Waals surface area contributed by atoms with Crippen molar-refractivity contribution in [2.45, 2.75) is 89.5 Å². The van der Waals surface area contributed by atoms with Crippen molar-refractivity contribution in [3.63, 3.8) is 0 Å². The van der Waals surface area contributed by atoms with Gasteiger partial charge in [-0.1, -0.05) is 12.1 Å². The highest BCUT2D eigenvalue weighted by Gasteiger charge is 2.26. The van der Waals surface area contributed by atoms with Gasteiger partial charge >= 0.3 is 0 Å². The van der Waals surface area contributed by atoms with Gasteiger partial charge in [0, 0.05) is 12.2 Å². The van der Waals surface area contributed by atoms with Crippen molar-refractivity contribution >= 4 is 44.0 Å². The summed E-state index contributed by atoms with van der Waals surface area (Å²) in [6.07, 6.45) is 4.04. The van der Waals surface area contributed by atoms with Crippen LogP contribution >= 0.6 is 0 Å². The maximum absolute atomic E-state index is 13.1. The lowest BCUT2D eigenvalue weighted by atomic mass is 9.86. The summed E-state index contributed by atoms with van der Waals surface area (Å²) in [5.41, 5.74) is 4.41. The predicted molar refractivity (Wildman–Crippen MR) is 175 cm³/mol. The number of aromatic amines is 1. The molecular weight excluding hydrogens is 560 g/mol. The number of hydrogen-bond acceptors (Lipinski definition) is 8. The molecule has 0 radical (unpaired) electrons. The first-order valence-electron chi connectivity index (χ1n) is 15.2. The maximum Gasteiger partial charge on any atom is 0.231 e. The van der Waals surface area contributed by atoms with Crippen molar-refractivity contribution < 1.29 is 13.2 Å². The average Bonchev–Trinajstić information content (AvgIpc) is 3.43. The van der Waals surface area contributed by atoms with Crippen LogP contribution in [-0.2, 0) is 9.84 Å². The second-order valence-electron chi connectivity index (χ2n) is 12.3. The normalized spacial score (nSPS) is 15.1. The number of ether oxygens (including phenoxy) is 1. The lowest BCUT2D eigenvalue weighted by Crippen LogP contribution is -2.37. The summed E-state index contributed by atoms with van der Waals surface area (Å²) in [5, 5.41) is 6.89. The summed E-state index contributed by atoms with van der Waals surface area (Å²) in [6.45, 7) is 16.3. The summed E-state index contributed by atoms with van der Waals surface area (Å²) < 4.78 is 32.5. The van der Waals surface area contributed by atoms with E-state index in [1.807, 2.05) is 26.0 Å².